The molecule has 35 heavy (non-hydrogen) atoms. The van der Waals surface area contributed by atoms with Crippen molar-refractivity contribution >= 4 is 34.0 Å². The molecule has 0 bridgehead atoms. The molecule has 1 amide bonds. The Morgan fingerprint density at radius 3 is 2.34 bits per heavy atom. The second-order valence-electron chi connectivity index (χ2n) is 8.68. The second kappa shape index (κ2) is 12.1. The van der Waals surface area contributed by atoms with Gasteiger partial charge >= 0.3 is 5.97 Å². The molecule has 186 valence electrons. The fraction of sp³-hybridized carbons (Fsp3) is 0.407. The minimum Gasteiger partial charge on any atom is -0.451 e. The number of anilines is 2. The Morgan fingerprint density at radius 1 is 1.03 bits per heavy atom. The number of rotatable bonds is 11. The van der Waals surface area contributed by atoms with Crippen molar-refractivity contribution in [2.24, 2.45) is 0 Å². The first-order valence-corrected chi connectivity index (χ1v) is 12.2. The van der Waals surface area contributed by atoms with Crippen molar-refractivity contribution in [1.82, 2.24) is 9.78 Å². The topological polar surface area (TPSA) is 93.5 Å². The number of amides is 1. The van der Waals surface area contributed by atoms with Gasteiger partial charge in [0.2, 0.25) is 0 Å². The number of esters is 1. The quantitative estimate of drug-likeness (QED) is 0.319. The third-order valence-electron chi connectivity index (χ3n) is 5.82. The number of hydrogen-bond acceptors (Lipinski definition) is 6. The first-order valence-electron chi connectivity index (χ1n) is 12.2. The molecule has 8 nitrogen and oxygen atoms in total. The zero-order valence-electron chi connectivity index (χ0n) is 20.9. The number of hydrogen-bond donors (Lipinski definition) is 1. The Morgan fingerprint density at radius 2 is 1.71 bits per heavy atom. The molecule has 0 unspecified atom stereocenters. The highest BCUT2D eigenvalue weighted by Crippen LogP contribution is 2.20. The third kappa shape index (κ3) is 6.47. The standard InChI is InChI=1S/C27H34N4O4/c1-5-7-10-17-31-26(33)23-12-9-8-11-22(23)25(29-31)27(34)35-18-24(32)28-20-13-15-21(16-14-20)30(6-2)19(3)4/h8-9,11-16,19H,5-7,10,17-18H2,1-4H3,(H,28,32). The van der Waals surface area contributed by atoms with E-state index in [1.807, 2.05) is 24.3 Å². The van der Waals surface area contributed by atoms with Crippen molar-refractivity contribution in [2.75, 3.05) is 23.4 Å². The zero-order chi connectivity index (χ0) is 25.4. The Balaban J connectivity index is 1.69. The van der Waals surface area contributed by atoms with Gasteiger partial charge in [-0.3, -0.25) is 9.59 Å². The lowest BCUT2D eigenvalue weighted by atomic mass is 10.1. The number of fused-ring (bicyclic) bond motifs is 1. The Hall–Kier alpha value is -3.68. The number of nitrogens with zero attached hydrogens (tertiary/aromatic N) is 3. The first-order chi connectivity index (χ1) is 16.8. The van der Waals surface area contributed by atoms with Crippen LogP contribution in [0.15, 0.2) is 53.3 Å². The second-order valence-corrected chi connectivity index (χ2v) is 8.68. The van der Waals surface area contributed by atoms with Gasteiger partial charge in [0, 0.05) is 35.9 Å². The highest BCUT2D eigenvalue weighted by Gasteiger charge is 2.19. The largest absolute Gasteiger partial charge is 0.451 e. The predicted molar refractivity (Wildman–Crippen MR) is 139 cm³/mol. The SMILES string of the molecule is CCCCCn1nc(C(=O)OCC(=O)Nc2ccc(N(CC)C(C)C)cc2)c2ccccc2c1=O. The average Bonchev–Trinajstić information content (AvgIpc) is 2.85. The minimum atomic E-state index is -0.744. The molecule has 2 aromatic carbocycles. The molecule has 0 saturated heterocycles. The summed E-state index contributed by atoms with van der Waals surface area (Å²) in [6.07, 6.45) is 2.74. The fourth-order valence-electron chi connectivity index (χ4n) is 4.03. The lowest BCUT2D eigenvalue weighted by molar-refractivity contribution is -0.119. The number of ether oxygens (including phenoxy) is 1. The van der Waals surface area contributed by atoms with E-state index >= 15 is 0 Å². The van der Waals surface area contributed by atoms with Crippen LogP contribution in [0.2, 0.25) is 0 Å². The highest BCUT2D eigenvalue weighted by atomic mass is 16.5. The number of nitrogens with one attached hydrogen (secondary N) is 1. The van der Waals surface area contributed by atoms with Crippen LogP contribution < -0.4 is 15.8 Å². The van der Waals surface area contributed by atoms with E-state index in [1.54, 1.807) is 24.3 Å². The number of carbonyl (C=O) groups excluding carboxylic acids is 2. The lowest BCUT2D eigenvalue weighted by Crippen LogP contribution is -2.30. The normalized spacial score (nSPS) is 11.0. The molecule has 0 aliphatic heterocycles. The summed E-state index contributed by atoms with van der Waals surface area (Å²) in [4.78, 5) is 40.3. The molecule has 3 aromatic rings. The molecule has 0 aliphatic rings. The molecular weight excluding hydrogens is 444 g/mol. The van der Waals surface area contributed by atoms with E-state index in [4.69, 9.17) is 4.74 Å². The number of aromatic nitrogens is 2. The van der Waals surface area contributed by atoms with Crippen LogP contribution in [0.1, 0.15) is 57.4 Å². The van der Waals surface area contributed by atoms with Gasteiger partial charge < -0.3 is 15.0 Å². The van der Waals surface area contributed by atoms with Crippen LogP contribution in [-0.4, -0.2) is 40.9 Å². The summed E-state index contributed by atoms with van der Waals surface area (Å²) in [5.74, 6) is -1.20. The van der Waals surface area contributed by atoms with Crippen LogP contribution >= 0.6 is 0 Å². The summed E-state index contributed by atoms with van der Waals surface area (Å²) < 4.78 is 6.58. The number of unbranched alkanes of at least 4 members (excludes halogenated alkanes) is 2. The van der Waals surface area contributed by atoms with Gasteiger partial charge in [0.15, 0.2) is 12.3 Å². The van der Waals surface area contributed by atoms with Crippen LogP contribution in [0.5, 0.6) is 0 Å². The van der Waals surface area contributed by atoms with E-state index < -0.39 is 18.5 Å². The van der Waals surface area contributed by atoms with Gasteiger partial charge in [0.1, 0.15) is 0 Å². The molecule has 0 saturated carbocycles. The van der Waals surface area contributed by atoms with Gasteiger partial charge in [-0.15, -0.1) is 0 Å². The Labute approximate surface area is 205 Å². The summed E-state index contributed by atoms with van der Waals surface area (Å²) in [6, 6.07) is 14.7. The fourth-order valence-corrected chi connectivity index (χ4v) is 4.03. The summed E-state index contributed by atoms with van der Waals surface area (Å²) in [7, 11) is 0. The molecule has 0 atom stereocenters. The van der Waals surface area contributed by atoms with Crippen LogP contribution in [-0.2, 0) is 16.1 Å². The maximum absolute atomic E-state index is 12.8. The van der Waals surface area contributed by atoms with Gasteiger partial charge in [-0.05, 0) is 57.5 Å². The van der Waals surface area contributed by atoms with Crippen molar-refractivity contribution in [2.45, 2.75) is 59.5 Å². The van der Waals surface area contributed by atoms with Gasteiger partial charge in [0.05, 0.1) is 5.39 Å². The third-order valence-corrected chi connectivity index (χ3v) is 5.82. The van der Waals surface area contributed by atoms with Gasteiger partial charge in [0.25, 0.3) is 11.5 Å². The van der Waals surface area contributed by atoms with E-state index in [9.17, 15) is 14.4 Å². The summed E-state index contributed by atoms with van der Waals surface area (Å²) >= 11 is 0. The Kier molecular flexibility index (Phi) is 9.00. The number of aryl methyl sites for hydroxylation is 1. The number of benzene rings is 2. The molecule has 0 fully saturated rings. The Bertz CT molecular complexity index is 1220. The average molecular weight is 479 g/mol. The maximum Gasteiger partial charge on any atom is 0.359 e. The summed E-state index contributed by atoms with van der Waals surface area (Å²) in [5.41, 5.74) is 1.47. The van der Waals surface area contributed by atoms with E-state index in [0.717, 1.165) is 31.5 Å². The first kappa shape index (κ1) is 25.9. The molecule has 3 rings (SSSR count). The molecule has 0 radical (unpaired) electrons. The van der Waals surface area contributed by atoms with Crippen molar-refractivity contribution in [3.05, 3.63) is 64.6 Å². The maximum atomic E-state index is 12.8. The van der Waals surface area contributed by atoms with Crippen molar-refractivity contribution < 1.29 is 14.3 Å². The molecule has 0 spiro atoms. The van der Waals surface area contributed by atoms with E-state index in [2.05, 4.69) is 43.0 Å². The molecule has 8 heteroatoms. The van der Waals surface area contributed by atoms with Crippen molar-refractivity contribution in [3.63, 3.8) is 0 Å². The lowest BCUT2D eigenvalue weighted by Gasteiger charge is -2.27. The molecular formula is C27H34N4O4. The van der Waals surface area contributed by atoms with Crippen molar-refractivity contribution in [1.29, 1.82) is 0 Å². The molecule has 0 aliphatic carbocycles. The molecule has 1 heterocycles. The van der Waals surface area contributed by atoms with E-state index in [0.29, 0.717) is 29.0 Å². The van der Waals surface area contributed by atoms with E-state index in [1.165, 1.54) is 4.68 Å². The van der Waals surface area contributed by atoms with Crippen LogP contribution in [0.3, 0.4) is 0 Å². The summed E-state index contributed by atoms with van der Waals surface area (Å²) in [5, 5.41) is 7.83. The number of carbonyl (C=O) groups is 2. The summed E-state index contributed by atoms with van der Waals surface area (Å²) in [6.45, 7) is 9.27. The van der Waals surface area contributed by atoms with E-state index in [-0.39, 0.29) is 11.3 Å². The van der Waals surface area contributed by atoms with Crippen molar-refractivity contribution in [3.8, 4) is 0 Å². The molecule has 1 aromatic heterocycles. The predicted octanol–water partition coefficient (Wildman–Crippen LogP) is 4.62. The van der Waals surface area contributed by atoms with Crippen LogP contribution in [0.25, 0.3) is 10.8 Å². The van der Waals surface area contributed by atoms with Gasteiger partial charge in [-0.2, -0.15) is 5.10 Å². The smallest absolute Gasteiger partial charge is 0.359 e. The monoisotopic (exact) mass is 478 g/mol. The van der Waals surface area contributed by atoms with Crippen LogP contribution in [0.4, 0.5) is 11.4 Å². The highest BCUT2D eigenvalue weighted by molar-refractivity contribution is 6.03. The zero-order valence-corrected chi connectivity index (χ0v) is 20.9. The van der Waals surface area contributed by atoms with Gasteiger partial charge in [-0.1, -0.05) is 38.0 Å². The van der Waals surface area contributed by atoms with Crippen LogP contribution in [0, 0.1) is 0 Å². The molecule has 1 N–H and O–H groups in total. The van der Waals surface area contributed by atoms with Gasteiger partial charge in [-0.25, -0.2) is 9.48 Å². The minimum absolute atomic E-state index is 0.0298.